The summed E-state index contributed by atoms with van der Waals surface area (Å²) in [4.78, 5) is 9.35. The first-order chi connectivity index (χ1) is 22.8. The molecule has 0 amide bonds. The minimum absolute atomic E-state index is 1.01. The molecule has 8 aromatic rings. The van der Waals surface area contributed by atoms with Gasteiger partial charge in [-0.25, -0.2) is 0 Å². The van der Waals surface area contributed by atoms with Crippen LogP contribution in [0, 0.1) is 0 Å². The third kappa shape index (κ3) is 5.36. The average Bonchev–Trinajstić information content (AvgIpc) is 3.13. The molecule has 1 heterocycles. The van der Waals surface area contributed by atoms with Crippen LogP contribution >= 0.6 is 0 Å². The number of fused-ring (bicyclic) bond motifs is 2. The fourth-order valence-corrected chi connectivity index (χ4v) is 6.18. The molecular weight excluding hydrogens is 558 g/mol. The van der Waals surface area contributed by atoms with Gasteiger partial charge in [0.25, 0.3) is 0 Å². The molecule has 0 bridgehead atoms. The number of nitrogens with zero attached hydrogens (tertiary/aromatic N) is 3. The highest BCUT2D eigenvalue weighted by molar-refractivity contribution is 5.93. The maximum absolute atomic E-state index is 4.72. The minimum Gasteiger partial charge on any atom is -0.310 e. The first kappa shape index (κ1) is 27.4. The number of anilines is 6. The van der Waals surface area contributed by atoms with Gasteiger partial charge in [0.1, 0.15) is 0 Å². The van der Waals surface area contributed by atoms with Crippen LogP contribution < -0.4 is 9.80 Å². The molecule has 0 radical (unpaired) electrons. The van der Waals surface area contributed by atoms with E-state index in [0.29, 0.717) is 0 Å². The average molecular weight is 590 g/mol. The Labute approximate surface area is 269 Å². The van der Waals surface area contributed by atoms with Gasteiger partial charge in [0.2, 0.25) is 0 Å². The number of rotatable bonds is 7. The Morgan fingerprint density at radius 3 is 1.46 bits per heavy atom. The smallest absolute Gasteiger partial charge is 0.0702 e. The van der Waals surface area contributed by atoms with Crippen molar-refractivity contribution >= 4 is 55.8 Å². The van der Waals surface area contributed by atoms with Gasteiger partial charge in [-0.05, 0) is 101 Å². The summed E-state index contributed by atoms with van der Waals surface area (Å²) in [7, 11) is 0. The largest absolute Gasteiger partial charge is 0.310 e. The van der Waals surface area contributed by atoms with Crippen LogP contribution in [0.25, 0.3) is 32.8 Å². The van der Waals surface area contributed by atoms with Gasteiger partial charge in [-0.1, -0.05) is 97.1 Å². The number of hydrogen-bond donors (Lipinski definition) is 0. The summed E-state index contributed by atoms with van der Waals surface area (Å²) < 4.78 is 0. The van der Waals surface area contributed by atoms with E-state index in [0.717, 1.165) is 56.2 Å². The van der Waals surface area contributed by atoms with Gasteiger partial charge >= 0.3 is 0 Å². The lowest BCUT2D eigenvalue weighted by molar-refractivity contribution is 1.25. The molecule has 8 rings (SSSR count). The molecule has 3 heteroatoms. The van der Waals surface area contributed by atoms with E-state index >= 15 is 0 Å². The summed E-state index contributed by atoms with van der Waals surface area (Å²) in [6.07, 6.45) is 1.97. The Balaban J connectivity index is 1.24. The molecule has 0 aliphatic carbocycles. The van der Waals surface area contributed by atoms with Crippen LogP contribution in [0.15, 0.2) is 188 Å². The topological polar surface area (TPSA) is 19.4 Å². The lowest BCUT2D eigenvalue weighted by atomic mass is 10.0. The second kappa shape index (κ2) is 12.1. The zero-order chi connectivity index (χ0) is 30.7. The molecule has 0 saturated heterocycles. The molecule has 46 heavy (non-hydrogen) atoms. The molecule has 0 aliphatic heterocycles. The van der Waals surface area contributed by atoms with Crippen LogP contribution in [0.4, 0.5) is 34.1 Å². The van der Waals surface area contributed by atoms with E-state index in [1.165, 1.54) is 10.8 Å². The van der Waals surface area contributed by atoms with E-state index in [1.54, 1.807) is 0 Å². The number of aromatic nitrogens is 1. The highest BCUT2D eigenvalue weighted by atomic mass is 15.2. The van der Waals surface area contributed by atoms with Crippen LogP contribution in [0.1, 0.15) is 0 Å². The zero-order valence-electron chi connectivity index (χ0n) is 25.2. The Bertz CT molecular complexity index is 2220. The Kier molecular flexibility index (Phi) is 7.18. The van der Waals surface area contributed by atoms with Crippen molar-refractivity contribution in [2.45, 2.75) is 0 Å². The van der Waals surface area contributed by atoms with Crippen LogP contribution in [0.2, 0.25) is 0 Å². The van der Waals surface area contributed by atoms with Crippen LogP contribution in [-0.4, -0.2) is 4.98 Å². The molecule has 0 unspecified atom stereocenters. The highest BCUT2D eigenvalue weighted by Gasteiger charge is 2.17. The van der Waals surface area contributed by atoms with Crippen molar-refractivity contribution in [3.63, 3.8) is 0 Å². The van der Waals surface area contributed by atoms with E-state index < -0.39 is 0 Å². The summed E-state index contributed by atoms with van der Waals surface area (Å²) in [6, 6.07) is 64.3. The third-order valence-corrected chi connectivity index (χ3v) is 8.40. The van der Waals surface area contributed by atoms with Gasteiger partial charge in [-0.15, -0.1) is 0 Å². The molecule has 7 aromatic carbocycles. The third-order valence-electron chi connectivity index (χ3n) is 8.40. The summed E-state index contributed by atoms with van der Waals surface area (Å²) in [5.74, 6) is 0. The quantitative estimate of drug-likeness (QED) is 0.184. The predicted octanol–water partition coefficient (Wildman–Crippen LogP) is 12.0. The van der Waals surface area contributed by atoms with Crippen LogP contribution in [-0.2, 0) is 0 Å². The van der Waals surface area contributed by atoms with Crippen molar-refractivity contribution in [1.29, 1.82) is 0 Å². The predicted molar refractivity (Wildman–Crippen MR) is 194 cm³/mol. The molecular formula is C43H31N3. The van der Waals surface area contributed by atoms with E-state index in [-0.39, 0.29) is 0 Å². The normalized spacial score (nSPS) is 11.0. The monoisotopic (exact) mass is 589 g/mol. The van der Waals surface area contributed by atoms with E-state index in [2.05, 4.69) is 186 Å². The van der Waals surface area contributed by atoms with Crippen molar-refractivity contribution in [2.24, 2.45) is 0 Å². The molecule has 0 N–H and O–H groups in total. The van der Waals surface area contributed by atoms with Crippen molar-refractivity contribution in [2.75, 3.05) is 9.80 Å². The number of benzene rings is 7. The standard InChI is InChI=1S/C43H31N3/c1-4-14-37(15-5-1)45(38-16-6-2-7-17-38)40-20-12-21-41(30-40)46(39-18-8-3-9-19-39)42-26-25-32-23-24-33(27-35(32)29-42)36-28-34-13-10-11-22-43(34)44-31-36/h1-31H. The van der Waals surface area contributed by atoms with Crippen molar-refractivity contribution in [3.05, 3.63) is 188 Å². The lowest BCUT2D eigenvalue weighted by Crippen LogP contribution is -2.13. The number of hydrogen-bond acceptors (Lipinski definition) is 3. The van der Waals surface area contributed by atoms with Gasteiger partial charge < -0.3 is 9.80 Å². The Morgan fingerprint density at radius 2 is 0.804 bits per heavy atom. The summed E-state index contributed by atoms with van der Waals surface area (Å²) in [5, 5.41) is 3.52. The molecule has 1 aromatic heterocycles. The van der Waals surface area contributed by atoms with Gasteiger partial charge in [0, 0.05) is 51.3 Å². The maximum Gasteiger partial charge on any atom is 0.0702 e. The SMILES string of the molecule is c1ccc(N(c2ccccc2)c2cccc(N(c3ccccc3)c3ccc4ccc(-c5cnc6ccccc6c5)cc4c3)c2)cc1. The Morgan fingerprint density at radius 1 is 0.304 bits per heavy atom. The highest BCUT2D eigenvalue weighted by Crippen LogP contribution is 2.41. The van der Waals surface area contributed by atoms with Crippen LogP contribution in [0.3, 0.4) is 0 Å². The van der Waals surface area contributed by atoms with E-state index in [4.69, 9.17) is 4.98 Å². The molecule has 0 aliphatic rings. The molecule has 3 nitrogen and oxygen atoms in total. The first-order valence-corrected chi connectivity index (χ1v) is 15.5. The van der Waals surface area contributed by atoms with Crippen molar-refractivity contribution < 1.29 is 0 Å². The molecule has 0 fully saturated rings. The molecule has 0 atom stereocenters. The number of para-hydroxylation sites is 4. The molecule has 0 saturated carbocycles. The maximum atomic E-state index is 4.72. The molecule has 218 valence electrons. The number of pyridine rings is 1. The van der Waals surface area contributed by atoms with Gasteiger partial charge in [0.15, 0.2) is 0 Å². The van der Waals surface area contributed by atoms with Crippen molar-refractivity contribution in [3.8, 4) is 11.1 Å². The van der Waals surface area contributed by atoms with Gasteiger partial charge in [-0.3, -0.25) is 4.98 Å². The van der Waals surface area contributed by atoms with Crippen LogP contribution in [0.5, 0.6) is 0 Å². The second-order valence-electron chi connectivity index (χ2n) is 11.4. The fraction of sp³-hybridized carbons (Fsp3) is 0. The Hall–Kier alpha value is -6.19. The van der Waals surface area contributed by atoms with Crippen molar-refractivity contribution in [1.82, 2.24) is 4.98 Å². The summed E-state index contributed by atoms with van der Waals surface area (Å²) in [5.41, 5.74) is 9.84. The lowest BCUT2D eigenvalue weighted by Gasteiger charge is -2.29. The van der Waals surface area contributed by atoms with Gasteiger partial charge in [-0.2, -0.15) is 0 Å². The second-order valence-corrected chi connectivity index (χ2v) is 11.4. The van der Waals surface area contributed by atoms with E-state index in [9.17, 15) is 0 Å². The molecule has 0 spiro atoms. The first-order valence-electron chi connectivity index (χ1n) is 15.5. The van der Waals surface area contributed by atoms with E-state index in [1.807, 2.05) is 12.3 Å². The summed E-state index contributed by atoms with van der Waals surface area (Å²) in [6.45, 7) is 0. The minimum atomic E-state index is 1.01. The summed E-state index contributed by atoms with van der Waals surface area (Å²) >= 11 is 0. The fourth-order valence-electron chi connectivity index (χ4n) is 6.18. The zero-order valence-corrected chi connectivity index (χ0v) is 25.2. The van der Waals surface area contributed by atoms with Gasteiger partial charge in [0.05, 0.1) is 5.52 Å².